The molecule has 144 valence electrons. The molecule has 4 nitrogen and oxygen atoms in total. The van der Waals surface area contributed by atoms with Crippen molar-refractivity contribution in [3.05, 3.63) is 65.2 Å². The second-order valence-corrected chi connectivity index (χ2v) is 7.20. The molecule has 0 heterocycles. The van der Waals surface area contributed by atoms with Gasteiger partial charge in [-0.2, -0.15) is 0 Å². The van der Waals surface area contributed by atoms with Crippen LogP contribution >= 0.6 is 0 Å². The smallest absolute Gasteiger partial charge is 0.223 e. The van der Waals surface area contributed by atoms with E-state index < -0.39 is 0 Å². The molecule has 0 aliphatic heterocycles. The third kappa shape index (κ3) is 5.10. The van der Waals surface area contributed by atoms with E-state index >= 15 is 0 Å². The van der Waals surface area contributed by atoms with Crippen molar-refractivity contribution in [2.45, 2.75) is 38.0 Å². The summed E-state index contributed by atoms with van der Waals surface area (Å²) >= 11 is 0. The van der Waals surface area contributed by atoms with Gasteiger partial charge in [0.1, 0.15) is 5.75 Å². The molecule has 27 heavy (non-hydrogen) atoms. The summed E-state index contributed by atoms with van der Waals surface area (Å²) in [5.74, 6) is 1.27. The lowest BCUT2D eigenvalue weighted by Gasteiger charge is -2.29. The first-order valence-corrected chi connectivity index (χ1v) is 9.80. The number of ether oxygens (including phenoxy) is 1. The number of rotatable bonds is 8. The Balaban J connectivity index is 1.65. The van der Waals surface area contributed by atoms with Gasteiger partial charge in [-0.3, -0.25) is 4.79 Å². The second-order valence-electron chi connectivity index (χ2n) is 7.20. The molecule has 1 amide bonds. The SMILES string of the molecule is COc1ccc2c(c1)CCCC2CC(=O)N(CCO)CCc1ccccc1. The van der Waals surface area contributed by atoms with Crippen LogP contribution in [0.2, 0.25) is 0 Å². The average Bonchev–Trinajstić information content (AvgIpc) is 2.71. The Morgan fingerprint density at radius 2 is 2.00 bits per heavy atom. The Bertz CT molecular complexity index is 745. The predicted octanol–water partition coefficient (Wildman–Crippen LogP) is 3.57. The normalized spacial score (nSPS) is 15.9. The number of methoxy groups -OCH3 is 1. The molecule has 4 heteroatoms. The third-order valence-electron chi connectivity index (χ3n) is 5.45. The molecule has 0 spiro atoms. The van der Waals surface area contributed by atoms with E-state index in [0.29, 0.717) is 19.5 Å². The fourth-order valence-electron chi connectivity index (χ4n) is 3.96. The van der Waals surface area contributed by atoms with Gasteiger partial charge in [-0.25, -0.2) is 0 Å². The number of aliphatic hydroxyl groups excluding tert-OH is 1. The molecule has 1 aliphatic carbocycles. The van der Waals surface area contributed by atoms with E-state index in [1.54, 1.807) is 7.11 Å². The van der Waals surface area contributed by atoms with Crippen LogP contribution in [0.5, 0.6) is 5.75 Å². The van der Waals surface area contributed by atoms with Gasteiger partial charge in [-0.1, -0.05) is 36.4 Å². The highest BCUT2D eigenvalue weighted by Gasteiger charge is 2.25. The number of hydrogen-bond acceptors (Lipinski definition) is 3. The van der Waals surface area contributed by atoms with Crippen molar-refractivity contribution in [1.82, 2.24) is 4.90 Å². The van der Waals surface area contributed by atoms with Crippen LogP contribution < -0.4 is 4.74 Å². The summed E-state index contributed by atoms with van der Waals surface area (Å²) in [6.07, 6.45) is 4.50. The summed E-state index contributed by atoms with van der Waals surface area (Å²) in [5.41, 5.74) is 3.79. The highest BCUT2D eigenvalue weighted by atomic mass is 16.5. The van der Waals surface area contributed by atoms with Gasteiger partial charge in [0.2, 0.25) is 5.91 Å². The number of fused-ring (bicyclic) bond motifs is 1. The first kappa shape index (κ1) is 19.4. The maximum Gasteiger partial charge on any atom is 0.223 e. The summed E-state index contributed by atoms with van der Waals surface area (Å²) < 4.78 is 5.34. The van der Waals surface area contributed by atoms with Gasteiger partial charge in [0.25, 0.3) is 0 Å². The average molecular weight is 367 g/mol. The zero-order chi connectivity index (χ0) is 19.1. The lowest BCUT2D eigenvalue weighted by Crippen LogP contribution is -2.36. The fourth-order valence-corrected chi connectivity index (χ4v) is 3.96. The molecule has 0 saturated heterocycles. The van der Waals surface area contributed by atoms with Crippen LogP contribution in [0.25, 0.3) is 0 Å². The Kier molecular flexibility index (Phi) is 6.88. The minimum Gasteiger partial charge on any atom is -0.497 e. The quantitative estimate of drug-likeness (QED) is 0.776. The Morgan fingerprint density at radius 1 is 1.19 bits per heavy atom. The van der Waals surface area contributed by atoms with Gasteiger partial charge >= 0.3 is 0 Å². The van der Waals surface area contributed by atoms with Crippen LogP contribution in [-0.2, 0) is 17.6 Å². The van der Waals surface area contributed by atoms with Crippen LogP contribution in [0.15, 0.2) is 48.5 Å². The standard InChI is InChI=1S/C23H29NO3/c1-27-21-10-11-22-19(16-21)8-5-9-20(22)17-23(26)24(14-15-25)13-12-18-6-3-2-4-7-18/h2-4,6-7,10-11,16,20,25H,5,8-9,12-15,17H2,1H3. The molecule has 0 fully saturated rings. The van der Waals surface area contributed by atoms with Gasteiger partial charge in [-0.15, -0.1) is 0 Å². The second kappa shape index (κ2) is 9.56. The molecular weight excluding hydrogens is 338 g/mol. The molecule has 1 unspecified atom stereocenters. The molecule has 2 aromatic carbocycles. The van der Waals surface area contributed by atoms with E-state index in [0.717, 1.165) is 31.4 Å². The molecular formula is C23H29NO3. The summed E-state index contributed by atoms with van der Waals surface area (Å²) in [4.78, 5) is 14.8. The summed E-state index contributed by atoms with van der Waals surface area (Å²) in [6, 6.07) is 16.4. The van der Waals surface area contributed by atoms with Crippen molar-refractivity contribution in [2.24, 2.45) is 0 Å². The molecule has 0 radical (unpaired) electrons. The first-order chi connectivity index (χ1) is 13.2. The van der Waals surface area contributed by atoms with E-state index in [9.17, 15) is 9.90 Å². The number of nitrogens with zero attached hydrogens (tertiary/aromatic N) is 1. The van der Waals surface area contributed by atoms with Crippen molar-refractivity contribution in [2.75, 3.05) is 26.8 Å². The van der Waals surface area contributed by atoms with Gasteiger partial charge in [0.05, 0.1) is 13.7 Å². The Labute approximate surface area is 161 Å². The molecule has 1 aliphatic rings. The number of aryl methyl sites for hydroxylation is 1. The minimum atomic E-state index is -0.00101. The number of amides is 1. The molecule has 1 N–H and O–H groups in total. The molecule has 3 rings (SSSR count). The van der Waals surface area contributed by atoms with Crippen molar-refractivity contribution < 1.29 is 14.6 Å². The maximum atomic E-state index is 12.9. The lowest BCUT2D eigenvalue weighted by molar-refractivity contribution is -0.132. The molecule has 0 bridgehead atoms. The number of benzene rings is 2. The van der Waals surface area contributed by atoms with E-state index in [1.807, 2.05) is 29.2 Å². The van der Waals surface area contributed by atoms with E-state index in [1.165, 1.54) is 16.7 Å². The highest BCUT2D eigenvalue weighted by Crippen LogP contribution is 2.36. The number of hydrogen-bond donors (Lipinski definition) is 1. The van der Waals surface area contributed by atoms with Crippen LogP contribution in [-0.4, -0.2) is 42.7 Å². The van der Waals surface area contributed by atoms with Gasteiger partial charge in [0.15, 0.2) is 0 Å². The lowest BCUT2D eigenvalue weighted by atomic mass is 9.80. The third-order valence-corrected chi connectivity index (χ3v) is 5.45. The zero-order valence-electron chi connectivity index (χ0n) is 16.1. The minimum absolute atomic E-state index is 0.00101. The molecule has 0 saturated carbocycles. The Hall–Kier alpha value is -2.33. The summed E-state index contributed by atoms with van der Waals surface area (Å²) in [6.45, 7) is 1.04. The largest absolute Gasteiger partial charge is 0.497 e. The highest BCUT2D eigenvalue weighted by molar-refractivity contribution is 5.77. The van der Waals surface area contributed by atoms with Crippen molar-refractivity contribution >= 4 is 5.91 Å². The van der Waals surface area contributed by atoms with Crippen molar-refractivity contribution in [3.8, 4) is 5.75 Å². The van der Waals surface area contributed by atoms with Gasteiger partial charge in [0, 0.05) is 19.5 Å². The topological polar surface area (TPSA) is 49.8 Å². The fraction of sp³-hybridized carbons (Fsp3) is 0.435. The van der Waals surface area contributed by atoms with Gasteiger partial charge < -0.3 is 14.7 Å². The van der Waals surface area contributed by atoms with Crippen LogP contribution in [0.4, 0.5) is 0 Å². The number of carbonyl (C=O) groups is 1. The number of aliphatic hydroxyl groups is 1. The van der Waals surface area contributed by atoms with E-state index in [-0.39, 0.29) is 18.4 Å². The summed E-state index contributed by atoms with van der Waals surface area (Å²) in [5, 5.41) is 9.40. The first-order valence-electron chi connectivity index (χ1n) is 9.80. The van der Waals surface area contributed by atoms with Crippen LogP contribution in [0.1, 0.15) is 41.9 Å². The zero-order valence-corrected chi connectivity index (χ0v) is 16.1. The predicted molar refractivity (Wildman–Crippen MR) is 107 cm³/mol. The van der Waals surface area contributed by atoms with Crippen LogP contribution in [0, 0.1) is 0 Å². The summed E-state index contributed by atoms with van der Waals surface area (Å²) in [7, 11) is 1.69. The molecule has 2 aromatic rings. The van der Waals surface area contributed by atoms with Crippen molar-refractivity contribution in [1.29, 1.82) is 0 Å². The number of carbonyl (C=O) groups excluding carboxylic acids is 1. The Morgan fingerprint density at radius 3 is 2.74 bits per heavy atom. The maximum absolute atomic E-state index is 12.9. The van der Waals surface area contributed by atoms with E-state index in [2.05, 4.69) is 24.3 Å². The van der Waals surface area contributed by atoms with Crippen LogP contribution in [0.3, 0.4) is 0 Å². The monoisotopic (exact) mass is 367 g/mol. The molecule has 0 aromatic heterocycles. The van der Waals surface area contributed by atoms with Gasteiger partial charge in [-0.05, 0) is 60.4 Å². The molecule has 1 atom stereocenters. The van der Waals surface area contributed by atoms with Crippen molar-refractivity contribution in [3.63, 3.8) is 0 Å². The van der Waals surface area contributed by atoms with E-state index in [4.69, 9.17) is 4.74 Å².